The van der Waals surface area contributed by atoms with Crippen LogP contribution in [-0.4, -0.2) is 47.1 Å². The van der Waals surface area contributed by atoms with Gasteiger partial charge in [0, 0.05) is 13.1 Å². The Morgan fingerprint density at radius 2 is 1.84 bits per heavy atom. The fraction of sp³-hybridized carbons (Fsp3) is 0.857. The number of carbonyl (C=O) groups excluding carboxylic acids is 1. The third-order valence-electron chi connectivity index (χ3n) is 4.03. The smallest absolute Gasteiger partial charge is 0.323 e. The number of carboxylic acids is 1. The van der Waals surface area contributed by atoms with Gasteiger partial charge >= 0.3 is 5.97 Å². The number of hydrogen-bond acceptors (Lipinski definition) is 3. The number of hydrogen-bond donors (Lipinski definition) is 2. The second kappa shape index (κ2) is 6.37. The van der Waals surface area contributed by atoms with Gasteiger partial charge < -0.3 is 10.0 Å². The highest BCUT2D eigenvalue weighted by Gasteiger charge is 2.32. The second-order valence-corrected chi connectivity index (χ2v) is 6.09. The lowest BCUT2D eigenvalue weighted by atomic mass is 9.92. The van der Waals surface area contributed by atoms with E-state index >= 15 is 0 Å². The summed E-state index contributed by atoms with van der Waals surface area (Å²) in [5.74, 6) is 0.122. The summed E-state index contributed by atoms with van der Waals surface area (Å²) < 4.78 is 0. The first-order valence-corrected chi connectivity index (χ1v) is 7.04. The van der Waals surface area contributed by atoms with E-state index in [9.17, 15) is 9.59 Å². The van der Waals surface area contributed by atoms with Gasteiger partial charge in [0.05, 0.1) is 6.54 Å². The first kappa shape index (κ1) is 16.0. The highest BCUT2D eigenvalue weighted by atomic mass is 16.4. The highest BCUT2D eigenvalue weighted by Crippen LogP contribution is 2.21. The van der Waals surface area contributed by atoms with Gasteiger partial charge in [0.15, 0.2) is 0 Å². The summed E-state index contributed by atoms with van der Waals surface area (Å²) in [5, 5.41) is 12.0. The van der Waals surface area contributed by atoms with Crippen LogP contribution in [0.5, 0.6) is 0 Å². The summed E-state index contributed by atoms with van der Waals surface area (Å²) in [7, 11) is 0. The SMILES string of the molecule is CCC(C)(NCC(=O)N1CC(C)CC(C)C1)C(=O)O. The number of nitrogens with zero attached hydrogens (tertiary/aromatic N) is 1. The first-order chi connectivity index (χ1) is 8.78. The van der Waals surface area contributed by atoms with Crippen LogP contribution >= 0.6 is 0 Å². The van der Waals surface area contributed by atoms with Crippen LogP contribution in [0, 0.1) is 11.8 Å². The number of carbonyl (C=O) groups is 2. The van der Waals surface area contributed by atoms with Crippen molar-refractivity contribution in [1.29, 1.82) is 0 Å². The molecule has 0 aliphatic carbocycles. The monoisotopic (exact) mass is 270 g/mol. The van der Waals surface area contributed by atoms with Crippen LogP contribution in [-0.2, 0) is 9.59 Å². The molecule has 2 N–H and O–H groups in total. The zero-order valence-electron chi connectivity index (χ0n) is 12.4. The standard InChI is InChI=1S/C14H26N2O3/c1-5-14(4,13(18)19)15-7-12(17)16-8-10(2)6-11(3)9-16/h10-11,15H,5-9H2,1-4H3,(H,18,19). The molecule has 1 heterocycles. The first-order valence-electron chi connectivity index (χ1n) is 7.04. The maximum Gasteiger partial charge on any atom is 0.323 e. The maximum absolute atomic E-state index is 12.1. The predicted molar refractivity (Wildman–Crippen MR) is 73.9 cm³/mol. The number of amides is 1. The highest BCUT2D eigenvalue weighted by molar-refractivity contribution is 5.82. The van der Waals surface area contributed by atoms with Crippen molar-refractivity contribution < 1.29 is 14.7 Å². The average molecular weight is 270 g/mol. The molecule has 3 unspecified atom stereocenters. The van der Waals surface area contributed by atoms with Gasteiger partial charge in [-0.05, 0) is 31.6 Å². The Hall–Kier alpha value is -1.10. The van der Waals surface area contributed by atoms with Crippen LogP contribution in [0.1, 0.15) is 40.5 Å². The molecule has 1 rings (SSSR count). The Kier molecular flexibility index (Phi) is 5.35. The van der Waals surface area contributed by atoms with E-state index in [0.29, 0.717) is 18.3 Å². The van der Waals surface area contributed by atoms with Crippen LogP contribution in [0.25, 0.3) is 0 Å². The quantitative estimate of drug-likeness (QED) is 0.791. The molecule has 1 aliphatic rings. The largest absolute Gasteiger partial charge is 0.480 e. The molecular weight excluding hydrogens is 244 g/mol. The Bertz CT molecular complexity index is 336. The molecule has 1 amide bonds. The Morgan fingerprint density at radius 1 is 1.32 bits per heavy atom. The van der Waals surface area contributed by atoms with Gasteiger partial charge in [0.25, 0.3) is 0 Å². The molecule has 5 heteroatoms. The molecule has 0 spiro atoms. The molecule has 3 atom stereocenters. The minimum atomic E-state index is -1.03. The molecule has 1 fully saturated rings. The van der Waals surface area contributed by atoms with Gasteiger partial charge in [0.1, 0.15) is 5.54 Å². The fourth-order valence-corrected chi connectivity index (χ4v) is 2.60. The van der Waals surface area contributed by atoms with E-state index in [1.54, 1.807) is 13.8 Å². The molecule has 0 aromatic heterocycles. The zero-order valence-corrected chi connectivity index (χ0v) is 12.4. The van der Waals surface area contributed by atoms with Crippen molar-refractivity contribution in [3.63, 3.8) is 0 Å². The normalized spacial score (nSPS) is 26.8. The number of rotatable bonds is 5. The molecule has 0 radical (unpaired) electrons. The lowest BCUT2D eigenvalue weighted by Gasteiger charge is -2.36. The van der Waals surface area contributed by atoms with E-state index in [0.717, 1.165) is 19.5 Å². The summed E-state index contributed by atoms with van der Waals surface area (Å²) in [6.45, 7) is 9.37. The average Bonchev–Trinajstić information content (AvgIpc) is 2.34. The third kappa shape index (κ3) is 4.20. The Morgan fingerprint density at radius 3 is 2.26 bits per heavy atom. The van der Waals surface area contributed by atoms with Gasteiger partial charge in [0.2, 0.25) is 5.91 Å². The van der Waals surface area contributed by atoms with Crippen LogP contribution in [0.15, 0.2) is 0 Å². The Labute approximate surface area is 115 Å². The van der Waals surface area contributed by atoms with Crippen LogP contribution in [0.2, 0.25) is 0 Å². The minimum Gasteiger partial charge on any atom is -0.480 e. The second-order valence-electron chi connectivity index (χ2n) is 6.09. The van der Waals surface area contributed by atoms with Gasteiger partial charge in [-0.15, -0.1) is 0 Å². The molecule has 0 bridgehead atoms. The maximum atomic E-state index is 12.1. The van der Waals surface area contributed by atoms with Crippen molar-refractivity contribution in [2.75, 3.05) is 19.6 Å². The molecule has 0 saturated carbocycles. The molecule has 0 aromatic carbocycles. The molecule has 1 aliphatic heterocycles. The summed E-state index contributed by atoms with van der Waals surface area (Å²) in [6, 6.07) is 0. The van der Waals surface area contributed by atoms with Crippen molar-refractivity contribution >= 4 is 11.9 Å². The van der Waals surface area contributed by atoms with Crippen molar-refractivity contribution in [3.8, 4) is 0 Å². The topological polar surface area (TPSA) is 69.6 Å². The zero-order chi connectivity index (χ0) is 14.6. The van der Waals surface area contributed by atoms with Crippen molar-refractivity contribution in [2.24, 2.45) is 11.8 Å². The van der Waals surface area contributed by atoms with Crippen LogP contribution in [0.4, 0.5) is 0 Å². The number of piperidine rings is 1. The lowest BCUT2D eigenvalue weighted by molar-refractivity contribution is -0.144. The van der Waals surface area contributed by atoms with Crippen molar-refractivity contribution in [1.82, 2.24) is 10.2 Å². The minimum absolute atomic E-state index is 0.000625. The summed E-state index contributed by atoms with van der Waals surface area (Å²) in [6.07, 6.45) is 1.60. The third-order valence-corrected chi connectivity index (χ3v) is 4.03. The van der Waals surface area contributed by atoms with Gasteiger partial charge in [-0.2, -0.15) is 0 Å². The molecule has 1 saturated heterocycles. The predicted octanol–water partition coefficient (Wildman–Crippen LogP) is 1.33. The number of nitrogens with one attached hydrogen (secondary N) is 1. The van der Waals surface area contributed by atoms with E-state index in [2.05, 4.69) is 19.2 Å². The number of likely N-dealkylation sites (tertiary alicyclic amines) is 1. The molecule has 0 aromatic rings. The van der Waals surface area contributed by atoms with E-state index < -0.39 is 11.5 Å². The van der Waals surface area contributed by atoms with Gasteiger partial charge in [-0.25, -0.2) is 0 Å². The van der Waals surface area contributed by atoms with Crippen LogP contribution in [0.3, 0.4) is 0 Å². The van der Waals surface area contributed by atoms with E-state index in [1.165, 1.54) is 0 Å². The van der Waals surface area contributed by atoms with Gasteiger partial charge in [-0.1, -0.05) is 20.8 Å². The Balaban J connectivity index is 2.53. The van der Waals surface area contributed by atoms with Crippen molar-refractivity contribution in [2.45, 2.75) is 46.1 Å². The van der Waals surface area contributed by atoms with Crippen molar-refractivity contribution in [3.05, 3.63) is 0 Å². The van der Waals surface area contributed by atoms with E-state index in [-0.39, 0.29) is 12.5 Å². The summed E-state index contributed by atoms with van der Waals surface area (Å²) in [5.41, 5.74) is -1.03. The van der Waals surface area contributed by atoms with Gasteiger partial charge in [-0.3, -0.25) is 14.9 Å². The molecule has 110 valence electrons. The lowest BCUT2D eigenvalue weighted by Crippen LogP contribution is -2.54. The molecular formula is C14H26N2O3. The number of carboxylic acid groups (broad SMARTS) is 1. The van der Waals surface area contributed by atoms with E-state index in [1.807, 2.05) is 4.90 Å². The summed E-state index contributed by atoms with van der Waals surface area (Å²) in [4.78, 5) is 25.2. The fourth-order valence-electron chi connectivity index (χ4n) is 2.60. The van der Waals surface area contributed by atoms with E-state index in [4.69, 9.17) is 5.11 Å². The van der Waals surface area contributed by atoms with Crippen LogP contribution < -0.4 is 5.32 Å². The molecule has 5 nitrogen and oxygen atoms in total. The molecule has 19 heavy (non-hydrogen) atoms. The number of aliphatic carboxylic acids is 1. The summed E-state index contributed by atoms with van der Waals surface area (Å²) >= 11 is 0.